The largest absolute Gasteiger partial charge is 0.378 e. The summed E-state index contributed by atoms with van der Waals surface area (Å²) in [6.45, 7) is 0.663. The fourth-order valence-corrected chi connectivity index (χ4v) is 4.24. The highest BCUT2D eigenvalue weighted by atomic mass is 32.2. The lowest BCUT2D eigenvalue weighted by Crippen LogP contribution is -2.13. The summed E-state index contributed by atoms with van der Waals surface area (Å²) < 4.78 is 27.7. The number of nitrogens with one attached hydrogen (secondary N) is 2. The van der Waals surface area contributed by atoms with E-state index < -0.39 is 10.0 Å². The van der Waals surface area contributed by atoms with Crippen molar-refractivity contribution < 1.29 is 8.42 Å². The number of nitrogens with zero attached hydrogens (tertiary/aromatic N) is 1. The third-order valence-corrected chi connectivity index (χ3v) is 5.83. The molecule has 7 heteroatoms. The van der Waals surface area contributed by atoms with E-state index in [0.29, 0.717) is 16.4 Å². The summed E-state index contributed by atoms with van der Waals surface area (Å²) in [5, 5.41) is 3.01. The molecule has 2 rings (SSSR count). The van der Waals surface area contributed by atoms with Crippen LogP contribution in [-0.2, 0) is 16.6 Å². The Labute approximate surface area is 129 Å². The highest BCUT2D eigenvalue weighted by Gasteiger charge is 2.17. The summed E-state index contributed by atoms with van der Waals surface area (Å²) in [5.74, 6) is 0. The van der Waals surface area contributed by atoms with Gasteiger partial charge in [-0.05, 0) is 37.4 Å². The van der Waals surface area contributed by atoms with Gasteiger partial charge >= 0.3 is 0 Å². The quantitative estimate of drug-likeness (QED) is 0.856. The van der Waals surface area contributed by atoms with E-state index in [1.807, 2.05) is 44.2 Å². The van der Waals surface area contributed by atoms with E-state index in [0.717, 1.165) is 10.6 Å². The second-order valence-electron chi connectivity index (χ2n) is 4.80. The van der Waals surface area contributed by atoms with Crippen LogP contribution >= 0.6 is 11.3 Å². The van der Waals surface area contributed by atoms with Crippen molar-refractivity contribution in [2.24, 2.45) is 0 Å². The average Bonchev–Trinajstić information content (AvgIpc) is 2.88. The topological polar surface area (TPSA) is 61.4 Å². The highest BCUT2D eigenvalue weighted by Crippen LogP contribution is 2.25. The third kappa shape index (κ3) is 3.96. The van der Waals surface area contributed by atoms with Crippen LogP contribution in [0.3, 0.4) is 0 Å². The van der Waals surface area contributed by atoms with Gasteiger partial charge in [0.05, 0.1) is 5.69 Å². The van der Waals surface area contributed by atoms with Gasteiger partial charge in [0, 0.05) is 31.2 Å². The lowest BCUT2D eigenvalue weighted by Gasteiger charge is -2.14. The standard InChI is InChI=1S/C14H19N3O2S2/c1-15-10-13-7-8-14(20-13)21(18,19)16-11-5-4-6-12(9-11)17(2)3/h4-9,15-16H,10H2,1-3H3. The minimum atomic E-state index is -3.53. The van der Waals surface area contributed by atoms with Gasteiger partial charge in [-0.2, -0.15) is 0 Å². The first-order chi connectivity index (χ1) is 9.92. The van der Waals surface area contributed by atoms with Crippen molar-refractivity contribution >= 4 is 32.7 Å². The van der Waals surface area contributed by atoms with E-state index in [9.17, 15) is 8.42 Å². The zero-order valence-electron chi connectivity index (χ0n) is 12.3. The first kappa shape index (κ1) is 15.8. The molecule has 114 valence electrons. The second kappa shape index (κ2) is 6.46. The Kier molecular flexibility index (Phi) is 4.87. The van der Waals surface area contributed by atoms with Crippen LogP contribution in [0.4, 0.5) is 11.4 Å². The Morgan fingerprint density at radius 2 is 1.95 bits per heavy atom. The molecule has 21 heavy (non-hydrogen) atoms. The van der Waals surface area contributed by atoms with Crippen molar-refractivity contribution in [3.63, 3.8) is 0 Å². The number of rotatable bonds is 6. The summed E-state index contributed by atoms with van der Waals surface area (Å²) in [4.78, 5) is 2.91. The predicted molar refractivity (Wildman–Crippen MR) is 88.7 cm³/mol. The van der Waals surface area contributed by atoms with Crippen molar-refractivity contribution in [2.75, 3.05) is 30.8 Å². The van der Waals surface area contributed by atoms with Gasteiger partial charge in [0.2, 0.25) is 0 Å². The maximum Gasteiger partial charge on any atom is 0.271 e. The maximum absolute atomic E-state index is 12.4. The molecule has 1 heterocycles. The van der Waals surface area contributed by atoms with E-state index in [4.69, 9.17) is 0 Å². The van der Waals surface area contributed by atoms with Gasteiger partial charge in [0.1, 0.15) is 4.21 Å². The van der Waals surface area contributed by atoms with E-state index in [1.54, 1.807) is 18.2 Å². The summed E-state index contributed by atoms with van der Waals surface area (Å²) in [6.07, 6.45) is 0. The third-order valence-electron chi connectivity index (χ3n) is 2.87. The summed E-state index contributed by atoms with van der Waals surface area (Å²) in [7, 11) is 2.13. The number of hydrogen-bond donors (Lipinski definition) is 2. The van der Waals surface area contributed by atoms with Crippen LogP contribution in [0.5, 0.6) is 0 Å². The van der Waals surface area contributed by atoms with Gasteiger partial charge in [0.15, 0.2) is 0 Å². The summed E-state index contributed by atoms with van der Waals surface area (Å²) in [6, 6.07) is 10.8. The molecule has 0 aliphatic heterocycles. The SMILES string of the molecule is CNCc1ccc(S(=O)(=O)Nc2cccc(N(C)C)c2)s1. The van der Waals surface area contributed by atoms with E-state index in [1.165, 1.54) is 11.3 Å². The lowest BCUT2D eigenvalue weighted by atomic mass is 10.3. The van der Waals surface area contributed by atoms with Crippen molar-refractivity contribution in [3.8, 4) is 0 Å². The first-order valence-corrected chi connectivity index (χ1v) is 8.76. The Hall–Kier alpha value is -1.57. The van der Waals surface area contributed by atoms with Crippen LogP contribution in [0.1, 0.15) is 4.88 Å². The average molecular weight is 325 g/mol. The Morgan fingerprint density at radius 3 is 2.62 bits per heavy atom. The van der Waals surface area contributed by atoms with Crippen LogP contribution in [0.25, 0.3) is 0 Å². The van der Waals surface area contributed by atoms with E-state index >= 15 is 0 Å². The summed E-state index contributed by atoms with van der Waals surface area (Å²) >= 11 is 1.27. The molecule has 0 unspecified atom stereocenters. The van der Waals surface area contributed by atoms with Crippen molar-refractivity contribution in [3.05, 3.63) is 41.3 Å². The van der Waals surface area contributed by atoms with Crippen molar-refractivity contribution in [1.82, 2.24) is 5.32 Å². The zero-order chi connectivity index (χ0) is 15.5. The van der Waals surface area contributed by atoms with Gasteiger partial charge in [-0.1, -0.05) is 6.07 Å². The van der Waals surface area contributed by atoms with E-state index in [2.05, 4.69) is 10.0 Å². The molecule has 0 radical (unpaired) electrons. The molecule has 5 nitrogen and oxygen atoms in total. The molecule has 0 amide bonds. The molecule has 0 bridgehead atoms. The fraction of sp³-hybridized carbons (Fsp3) is 0.286. The van der Waals surface area contributed by atoms with Gasteiger partial charge in [-0.15, -0.1) is 11.3 Å². The molecule has 0 aliphatic rings. The Balaban J connectivity index is 2.22. The Morgan fingerprint density at radius 1 is 1.19 bits per heavy atom. The molecule has 0 atom stereocenters. The first-order valence-electron chi connectivity index (χ1n) is 6.46. The summed E-state index contributed by atoms with van der Waals surface area (Å²) in [5.41, 5.74) is 1.50. The number of hydrogen-bond acceptors (Lipinski definition) is 5. The van der Waals surface area contributed by atoms with Gasteiger partial charge in [-0.3, -0.25) is 4.72 Å². The molecule has 0 saturated carbocycles. The lowest BCUT2D eigenvalue weighted by molar-refractivity contribution is 0.603. The second-order valence-corrected chi connectivity index (χ2v) is 7.88. The van der Waals surface area contributed by atoms with Crippen LogP contribution in [-0.4, -0.2) is 29.6 Å². The minimum Gasteiger partial charge on any atom is -0.378 e. The molecule has 0 spiro atoms. The van der Waals surface area contributed by atoms with Gasteiger partial charge in [0.25, 0.3) is 10.0 Å². The highest BCUT2D eigenvalue weighted by molar-refractivity contribution is 7.94. The van der Waals surface area contributed by atoms with Crippen LogP contribution < -0.4 is 14.9 Å². The predicted octanol–water partition coefficient (Wildman–Crippen LogP) is 2.33. The van der Waals surface area contributed by atoms with Crippen LogP contribution in [0, 0.1) is 0 Å². The molecule has 0 aliphatic carbocycles. The molecule has 2 N–H and O–H groups in total. The molecule has 1 aromatic carbocycles. The molecule has 0 saturated heterocycles. The molecule has 1 aromatic heterocycles. The van der Waals surface area contributed by atoms with Crippen molar-refractivity contribution in [2.45, 2.75) is 10.8 Å². The number of anilines is 2. The zero-order valence-corrected chi connectivity index (χ0v) is 13.9. The number of sulfonamides is 1. The fourth-order valence-electron chi connectivity index (χ4n) is 1.82. The number of benzene rings is 1. The minimum absolute atomic E-state index is 0.322. The Bertz CT molecular complexity index is 709. The molecule has 0 fully saturated rings. The van der Waals surface area contributed by atoms with Gasteiger partial charge < -0.3 is 10.2 Å². The molecule has 2 aromatic rings. The normalized spacial score (nSPS) is 11.4. The molecular weight excluding hydrogens is 306 g/mol. The number of thiophene rings is 1. The maximum atomic E-state index is 12.4. The van der Waals surface area contributed by atoms with Crippen LogP contribution in [0.15, 0.2) is 40.6 Å². The van der Waals surface area contributed by atoms with Crippen LogP contribution in [0.2, 0.25) is 0 Å². The molecular formula is C14H19N3O2S2. The van der Waals surface area contributed by atoms with Crippen molar-refractivity contribution in [1.29, 1.82) is 0 Å². The monoisotopic (exact) mass is 325 g/mol. The van der Waals surface area contributed by atoms with E-state index in [-0.39, 0.29) is 0 Å². The van der Waals surface area contributed by atoms with Gasteiger partial charge in [-0.25, -0.2) is 8.42 Å². The smallest absolute Gasteiger partial charge is 0.271 e.